The lowest BCUT2D eigenvalue weighted by molar-refractivity contribution is -0.113. The molecule has 3 aliphatic rings. The van der Waals surface area contributed by atoms with E-state index >= 15 is 0 Å². The molecular formula is C25H37N5O. The molecule has 2 N–H and O–H groups in total. The monoisotopic (exact) mass is 423 g/mol. The molecule has 31 heavy (non-hydrogen) atoms. The molecule has 0 bridgehead atoms. The van der Waals surface area contributed by atoms with E-state index in [9.17, 15) is 4.79 Å². The van der Waals surface area contributed by atoms with E-state index in [0.29, 0.717) is 11.7 Å². The van der Waals surface area contributed by atoms with Crippen LogP contribution in [0.5, 0.6) is 0 Å². The highest BCUT2D eigenvalue weighted by Crippen LogP contribution is 2.21. The first kappa shape index (κ1) is 22.1. The highest BCUT2D eigenvalue weighted by molar-refractivity contribution is 6.03. The molecule has 0 radical (unpaired) electrons. The molecule has 2 fully saturated rings. The molecule has 6 nitrogen and oxygen atoms in total. The van der Waals surface area contributed by atoms with E-state index in [1.54, 1.807) is 0 Å². The minimum atomic E-state index is -0.0890. The number of para-hydroxylation sites is 1. The van der Waals surface area contributed by atoms with E-state index in [1.165, 1.54) is 38.9 Å². The van der Waals surface area contributed by atoms with E-state index < -0.39 is 0 Å². The maximum Gasteiger partial charge on any atom is 0.271 e. The number of rotatable bonds is 5. The number of piperidine rings is 1. The van der Waals surface area contributed by atoms with Crippen molar-refractivity contribution in [2.24, 2.45) is 0 Å². The van der Waals surface area contributed by atoms with Gasteiger partial charge in [0, 0.05) is 37.4 Å². The SMILES string of the molecule is CC(C)N1CCC(N2CCCN(C3C=CC=C(C(=O)Nc4ccccc4)N3)CC2)CC1. The minimum Gasteiger partial charge on any atom is -0.362 e. The molecule has 1 aromatic carbocycles. The Kier molecular flexibility index (Phi) is 7.43. The molecule has 0 aliphatic carbocycles. The molecule has 1 atom stereocenters. The Hall–Kier alpha value is -2.15. The van der Waals surface area contributed by atoms with Crippen molar-refractivity contribution in [2.45, 2.75) is 51.4 Å². The first-order chi connectivity index (χ1) is 15.1. The normalized spacial score (nSPS) is 24.5. The van der Waals surface area contributed by atoms with Crippen LogP contribution in [-0.2, 0) is 4.79 Å². The predicted molar refractivity (Wildman–Crippen MR) is 127 cm³/mol. The quantitative estimate of drug-likeness (QED) is 0.763. The van der Waals surface area contributed by atoms with Crippen molar-refractivity contribution in [3.8, 4) is 0 Å². The van der Waals surface area contributed by atoms with E-state index in [4.69, 9.17) is 0 Å². The number of anilines is 1. The lowest BCUT2D eigenvalue weighted by Gasteiger charge is -2.39. The molecule has 0 spiro atoms. The fraction of sp³-hybridized carbons (Fsp3) is 0.560. The Labute approximate surface area is 187 Å². The van der Waals surface area contributed by atoms with Crippen molar-refractivity contribution in [1.29, 1.82) is 0 Å². The van der Waals surface area contributed by atoms with E-state index in [-0.39, 0.29) is 12.1 Å². The average Bonchev–Trinajstić information content (AvgIpc) is 3.06. The van der Waals surface area contributed by atoms with Gasteiger partial charge in [-0.05, 0) is 77.0 Å². The van der Waals surface area contributed by atoms with Gasteiger partial charge in [-0.1, -0.05) is 24.3 Å². The topological polar surface area (TPSA) is 50.9 Å². The summed E-state index contributed by atoms with van der Waals surface area (Å²) in [4.78, 5) is 20.5. The average molecular weight is 424 g/mol. The third-order valence-corrected chi connectivity index (χ3v) is 6.84. The van der Waals surface area contributed by atoms with Crippen LogP contribution in [0.2, 0.25) is 0 Å². The maximum absolute atomic E-state index is 12.7. The van der Waals surface area contributed by atoms with Crippen LogP contribution in [0.15, 0.2) is 54.3 Å². The first-order valence-corrected chi connectivity index (χ1v) is 11.8. The molecule has 3 aliphatic heterocycles. The Balaban J connectivity index is 1.28. The number of likely N-dealkylation sites (tertiary alicyclic amines) is 1. The van der Waals surface area contributed by atoms with Gasteiger partial charge in [-0.3, -0.25) is 14.6 Å². The van der Waals surface area contributed by atoms with Gasteiger partial charge in [-0.15, -0.1) is 0 Å². The van der Waals surface area contributed by atoms with Crippen molar-refractivity contribution in [2.75, 3.05) is 44.6 Å². The fourth-order valence-electron chi connectivity index (χ4n) is 4.95. The van der Waals surface area contributed by atoms with Gasteiger partial charge in [-0.25, -0.2) is 0 Å². The van der Waals surface area contributed by atoms with Crippen molar-refractivity contribution in [3.05, 3.63) is 54.3 Å². The van der Waals surface area contributed by atoms with Gasteiger partial charge in [0.05, 0.1) is 6.17 Å². The molecule has 1 unspecified atom stereocenters. The molecule has 3 heterocycles. The van der Waals surface area contributed by atoms with Crippen LogP contribution in [-0.4, -0.2) is 78.1 Å². The molecule has 168 valence electrons. The Morgan fingerprint density at radius 3 is 2.45 bits per heavy atom. The third kappa shape index (κ3) is 5.76. The highest BCUT2D eigenvalue weighted by atomic mass is 16.2. The van der Waals surface area contributed by atoms with E-state index in [2.05, 4.69) is 45.3 Å². The van der Waals surface area contributed by atoms with Crippen LogP contribution in [0.25, 0.3) is 0 Å². The summed E-state index contributed by atoms with van der Waals surface area (Å²) in [5, 5.41) is 6.42. The number of nitrogens with one attached hydrogen (secondary N) is 2. The number of carbonyl (C=O) groups is 1. The fourth-order valence-corrected chi connectivity index (χ4v) is 4.95. The molecule has 1 aromatic rings. The van der Waals surface area contributed by atoms with Gasteiger partial charge in [0.25, 0.3) is 5.91 Å². The molecule has 6 heteroatoms. The van der Waals surface area contributed by atoms with Crippen LogP contribution in [0.1, 0.15) is 33.1 Å². The summed E-state index contributed by atoms with van der Waals surface area (Å²) in [6.07, 6.45) is 9.84. The number of dihydropyridines is 1. The molecule has 2 saturated heterocycles. The first-order valence-electron chi connectivity index (χ1n) is 11.8. The third-order valence-electron chi connectivity index (χ3n) is 6.84. The number of nitrogens with zero attached hydrogens (tertiary/aromatic N) is 3. The molecular weight excluding hydrogens is 386 g/mol. The Bertz CT molecular complexity index is 782. The summed E-state index contributed by atoms with van der Waals surface area (Å²) in [6.45, 7) is 11.4. The van der Waals surface area contributed by atoms with Crippen LogP contribution in [0, 0.1) is 0 Å². The Morgan fingerprint density at radius 1 is 1.00 bits per heavy atom. The zero-order valence-electron chi connectivity index (χ0n) is 19.0. The van der Waals surface area contributed by atoms with E-state index in [0.717, 1.165) is 31.4 Å². The number of hydrogen-bond donors (Lipinski definition) is 2. The van der Waals surface area contributed by atoms with E-state index in [1.807, 2.05) is 42.5 Å². The van der Waals surface area contributed by atoms with Crippen molar-refractivity contribution in [3.63, 3.8) is 0 Å². The largest absolute Gasteiger partial charge is 0.362 e. The van der Waals surface area contributed by atoms with Crippen molar-refractivity contribution < 1.29 is 4.79 Å². The van der Waals surface area contributed by atoms with Crippen LogP contribution in [0.3, 0.4) is 0 Å². The molecule has 4 rings (SSSR count). The zero-order valence-corrected chi connectivity index (χ0v) is 19.0. The second kappa shape index (κ2) is 10.4. The number of benzene rings is 1. The van der Waals surface area contributed by atoms with Gasteiger partial charge in [-0.2, -0.15) is 0 Å². The van der Waals surface area contributed by atoms with Gasteiger partial charge in [0.2, 0.25) is 0 Å². The summed E-state index contributed by atoms with van der Waals surface area (Å²) in [7, 11) is 0. The maximum atomic E-state index is 12.7. The second-order valence-electron chi connectivity index (χ2n) is 9.16. The molecule has 0 aromatic heterocycles. The number of allylic oxidation sites excluding steroid dienone is 2. The zero-order chi connectivity index (χ0) is 21.6. The standard InChI is InChI=1S/C25H37N5O/c1-20(2)28-16-12-22(13-17-28)29-14-7-15-30(19-18-29)24-11-6-10-23(27-24)25(31)26-21-8-4-3-5-9-21/h3-6,8-11,20,22,24,27H,7,12-19H2,1-2H3,(H,26,31). The van der Waals surface area contributed by atoms with Gasteiger partial charge < -0.3 is 15.5 Å². The van der Waals surface area contributed by atoms with Crippen molar-refractivity contribution >= 4 is 11.6 Å². The van der Waals surface area contributed by atoms with Gasteiger partial charge in [0.15, 0.2) is 0 Å². The number of amides is 1. The second-order valence-corrected chi connectivity index (χ2v) is 9.16. The Morgan fingerprint density at radius 2 is 1.71 bits per heavy atom. The van der Waals surface area contributed by atoms with Gasteiger partial charge >= 0.3 is 0 Å². The van der Waals surface area contributed by atoms with Gasteiger partial charge in [0.1, 0.15) is 5.70 Å². The number of hydrogen-bond acceptors (Lipinski definition) is 5. The lowest BCUT2D eigenvalue weighted by Crippen LogP contribution is -2.50. The summed E-state index contributed by atoms with van der Waals surface area (Å²) < 4.78 is 0. The summed E-state index contributed by atoms with van der Waals surface area (Å²) in [5.74, 6) is -0.0890. The number of carbonyl (C=O) groups excluding carboxylic acids is 1. The summed E-state index contributed by atoms with van der Waals surface area (Å²) in [6, 6.07) is 11.0. The van der Waals surface area contributed by atoms with Crippen molar-refractivity contribution in [1.82, 2.24) is 20.0 Å². The van der Waals surface area contributed by atoms with Crippen LogP contribution in [0.4, 0.5) is 5.69 Å². The highest BCUT2D eigenvalue weighted by Gasteiger charge is 2.29. The minimum absolute atomic E-state index is 0.0734. The smallest absolute Gasteiger partial charge is 0.271 e. The summed E-state index contributed by atoms with van der Waals surface area (Å²) in [5.41, 5.74) is 1.44. The predicted octanol–water partition coefficient (Wildman–Crippen LogP) is 2.88. The van der Waals surface area contributed by atoms with Crippen LogP contribution < -0.4 is 10.6 Å². The van der Waals surface area contributed by atoms with Crippen LogP contribution >= 0.6 is 0 Å². The lowest BCUT2D eigenvalue weighted by atomic mass is 10.0. The molecule has 0 saturated carbocycles. The molecule has 1 amide bonds. The summed E-state index contributed by atoms with van der Waals surface area (Å²) >= 11 is 0.